The monoisotopic (exact) mass is 339 g/mol. The first-order valence-electron chi connectivity index (χ1n) is 8.22. The molecule has 0 atom stereocenters. The van der Waals surface area contributed by atoms with E-state index in [0.29, 0.717) is 5.69 Å². The van der Waals surface area contributed by atoms with Crippen molar-refractivity contribution in [2.75, 3.05) is 0 Å². The standard InChI is InChI=1S/C22H15N2S/c1-13-17-7-5-4-6-14(17)11-18-20(13)22-21-15(8-9-24(22)3)10-16(23-2)12-19(21)25-18/h4-12H,1,3H3/q+1. The fourth-order valence-electron chi connectivity index (χ4n) is 3.89. The molecule has 0 aliphatic carbocycles. The minimum absolute atomic E-state index is 0.704. The van der Waals surface area contributed by atoms with E-state index in [2.05, 4.69) is 66.0 Å². The number of pyridine rings is 1. The number of nitrogens with zero attached hydrogens (tertiary/aromatic N) is 2. The smallest absolute Gasteiger partial charge is 0.222 e. The lowest BCUT2D eigenvalue weighted by molar-refractivity contribution is -0.659. The molecule has 0 saturated carbocycles. The summed E-state index contributed by atoms with van der Waals surface area (Å²) in [4.78, 5) is 6.11. The van der Waals surface area contributed by atoms with Crippen LogP contribution in [0.5, 0.6) is 0 Å². The Hall–Kier alpha value is -2.83. The summed E-state index contributed by atoms with van der Waals surface area (Å²) in [6, 6.07) is 17.0. The van der Waals surface area contributed by atoms with Crippen LogP contribution in [0.3, 0.4) is 0 Å². The molecule has 25 heavy (non-hydrogen) atoms. The maximum Gasteiger partial charge on any atom is 0.222 e. The second-order valence-electron chi connectivity index (χ2n) is 6.49. The quantitative estimate of drug-likeness (QED) is 0.255. The number of hydrogen-bond acceptors (Lipinski definition) is 1. The lowest BCUT2D eigenvalue weighted by atomic mass is 9.94. The molecular formula is C22H15N2S+. The van der Waals surface area contributed by atoms with E-state index in [1.165, 1.54) is 42.8 Å². The largest absolute Gasteiger partial charge is 0.238 e. The minimum Gasteiger partial charge on any atom is -0.238 e. The maximum absolute atomic E-state index is 7.40. The number of hydrogen-bond donors (Lipinski definition) is 0. The van der Waals surface area contributed by atoms with Gasteiger partial charge in [-0.1, -0.05) is 36.0 Å². The number of benzene rings is 3. The van der Waals surface area contributed by atoms with Crippen molar-refractivity contribution >= 4 is 39.0 Å². The fourth-order valence-corrected chi connectivity index (χ4v) is 5.16. The first-order chi connectivity index (χ1) is 12.2. The van der Waals surface area contributed by atoms with Crippen LogP contribution in [0.1, 0.15) is 5.56 Å². The summed E-state index contributed by atoms with van der Waals surface area (Å²) in [6.07, 6.45) is 2.10. The van der Waals surface area contributed by atoms with E-state index in [9.17, 15) is 0 Å². The predicted molar refractivity (Wildman–Crippen MR) is 103 cm³/mol. The van der Waals surface area contributed by atoms with E-state index < -0.39 is 0 Å². The van der Waals surface area contributed by atoms with Gasteiger partial charge in [-0.25, -0.2) is 9.41 Å². The Morgan fingerprint density at radius 1 is 1.00 bits per heavy atom. The summed E-state index contributed by atoms with van der Waals surface area (Å²) in [5.74, 6) is 0. The predicted octanol–water partition coefficient (Wildman–Crippen LogP) is 5.81. The van der Waals surface area contributed by atoms with E-state index in [-0.39, 0.29) is 0 Å². The van der Waals surface area contributed by atoms with Crippen molar-refractivity contribution in [3.05, 3.63) is 71.7 Å². The van der Waals surface area contributed by atoms with Crippen LogP contribution in [-0.2, 0) is 7.05 Å². The summed E-state index contributed by atoms with van der Waals surface area (Å²) >= 11 is 1.79. The molecule has 0 saturated heterocycles. The topological polar surface area (TPSA) is 8.24 Å². The van der Waals surface area contributed by atoms with E-state index in [1.54, 1.807) is 11.8 Å². The molecule has 2 heterocycles. The van der Waals surface area contributed by atoms with Gasteiger partial charge in [0.15, 0.2) is 11.9 Å². The van der Waals surface area contributed by atoms with Crippen molar-refractivity contribution in [2.45, 2.75) is 16.7 Å². The maximum atomic E-state index is 7.40. The van der Waals surface area contributed by atoms with Crippen LogP contribution in [0.15, 0.2) is 64.5 Å². The Labute approximate surface area is 150 Å². The van der Waals surface area contributed by atoms with Crippen LogP contribution in [0.4, 0.5) is 5.69 Å². The van der Waals surface area contributed by atoms with Gasteiger partial charge in [0.25, 0.3) is 0 Å². The molecule has 5 rings (SSSR count). The van der Waals surface area contributed by atoms with Crippen molar-refractivity contribution in [3.8, 4) is 11.3 Å². The lowest BCUT2D eigenvalue weighted by Gasteiger charge is -2.21. The molecule has 1 aliphatic rings. The molecule has 0 bridgehead atoms. The van der Waals surface area contributed by atoms with Crippen LogP contribution in [0.2, 0.25) is 0 Å². The van der Waals surface area contributed by atoms with Gasteiger partial charge >= 0.3 is 0 Å². The van der Waals surface area contributed by atoms with E-state index in [1.807, 2.05) is 12.1 Å². The van der Waals surface area contributed by atoms with Gasteiger partial charge in [0.05, 0.1) is 17.5 Å². The zero-order valence-electron chi connectivity index (χ0n) is 14.0. The normalized spacial score (nSPS) is 12.2. The van der Waals surface area contributed by atoms with Gasteiger partial charge in [0.2, 0.25) is 5.69 Å². The minimum atomic E-state index is 0.704. The summed E-state index contributed by atoms with van der Waals surface area (Å²) < 4.78 is 2.21. The summed E-state index contributed by atoms with van der Waals surface area (Å²) in [5, 5.41) is 4.97. The molecule has 3 aromatic carbocycles. The number of aryl methyl sites for hydroxylation is 2. The van der Waals surface area contributed by atoms with Crippen LogP contribution in [0.25, 0.3) is 37.6 Å². The number of rotatable bonds is 0. The van der Waals surface area contributed by atoms with Crippen molar-refractivity contribution in [3.63, 3.8) is 0 Å². The Morgan fingerprint density at radius 2 is 1.84 bits per heavy atom. The van der Waals surface area contributed by atoms with Gasteiger partial charge in [-0.2, -0.15) is 0 Å². The van der Waals surface area contributed by atoms with Gasteiger partial charge in [-0.3, -0.25) is 0 Å². The first kappa shape index (κ1) is 14.5. The third kappa shape index (κ3) is 1.95. The molecule has 0 N–H and O–H groups in total. The van der Waals surface area contributed by atoms with Gasteiger partial charge in [-0.15, -0.1) is 0 Å². The molecule has 1 aromatic heterocycles. The second-order valence-corrected chi connectivity index (χ2v) is 7.58. The van der Waals surface area contributed by atoms with Crippen LogP contribution < -0.4 is 4.57 Å². The molecule has 0 radical (unpaired) electrons. The van der Waals surface area contributed by atoms with Crippen molar-refractivity contribution < 1.29 is 4.57 Å². The Kier molecular flexibility index (Phi) is 2.95. The fraction of sp³-hybridized carbons (Fsp3) is 0.0909. The number of aromatic nitrogens is 1. The summed E-state index contributed by atoms with van der Waals surface area (Å²) in [6.45, 7) is 9.62. The highest BCUT2D eigenvalue weighted by Gasteiger charge is 2.29. The van der Waals surface area contributed by atoms with E-state index in [0.717, 1.165) is 5.39 Å². The SMILES string of the molecule is [C-]#[N+]c1cc2c3c([n+](C)ccc3c1)-c1c(cc3ccccc3c1C)S2. The summed E-state index contributed by atoms with van der Waals surface area (Å²) in [5.41, 5.74) is 4.60. The molecular weight excluding hydrogens is 324 g/mol. The average Bonchev–Trinajstić information content (AvgIpc) is 2.63. The van der Waals surface area contributed by atoms with Crippen LogP contribution >= 0.6 is 11.8 Å². The molecule has 0 unspecified atom stereocenters. The first-order valence-corrected chi connectivity index (χ1v) is 9.03. The zero-order chi connectivity index (χ0) is 17.1. The summed E-state index contributed by atoms with van der Waals surface area (Å²) in [7, 11) is 2.11. The van der Waals surface area contributed by atoms with Crippen molar-refractivity contribution in [1.82, 2.24) is 0 Å². The van der Waals surface area contributed by atoms with Crippen LogP contribution in [0, 0.1) is 13.5 Å². The molecule has 2 nitrogen and oxygen atoms in total. The molecule has 4 aromatic rings. The molecule has 118 valence electrons. The molecule has 3 heteroatoms. The number of fused-ring (bicyclic) bond motifs is 3. The highest BCUT2D eigenvalue weighted by atomic mass is 32.2. The molecule has 0 amide bonds. The highest BCUT2D eigenvalue weighted by molar-refractivity contribution is 7.99. The average molecular weight is 339 g/mol. The lowest BCUT2D eigenvalue weighted by Crippen LogP contribution is -2.31. The van der Waals surface area contributed by atoms with Crippen LogP contribution in [-0.4, -0.2) is 0 Å². The Balaban J connectivity index is 1.99. The molecule has 0 spiro atoms. The molecule has 1 aliphatic heterocycles. The highest BCUT2D eigenvalue weighted by Crippen LogP contribution is 2.50. The van der Waals surface area contributed by atoms with Crippen molar-refractivity contribution in [2.24, 2.45) is 7.05 Å². The third-order valence-corrected chi connectivity index (χ3v) is 6.13. The zero-order valence-corrected chi connectivity index (χ0v) is 14.8. The Bertz CT molecular complexity index is 1250. The second kappa shape index (κ2) is 5.08. The van der Waals surface area contributed by atoms with E-state index in [4.69, 9.17) is 6.57 Å². The molecule has 0 fully saturated rings. The van der Waals surface area contributed by atoms with E-state index >= 15 is 0 Å². The van der Waals surface area contributed by atoms with Gasteiger partial charge < -0.3 is 0 Å². The van der Waals surface area contributed by atoms with Crippen molar-refractivity contribution in [1.29, 1.82) is 0 Å². The van der Waals surface area contributed by atoms with Gasteiger partial charge in [0, 0.05) is 15.9 Å². The van der Waals surface area contributed by atoms with Gasteiger partial charge in [-0.05, 0) is 46.8 Å². The van der Waals surface area contributed by atoms with Gasteiger partial charge in [0.1, 0.15) is 7.05 Å². The third-order valence-electron chi connectivity index (χ3n) is 5.04. The Morgan fingerprint density at radius 3 is 2.68 bits per heavy atom.